The van der Waals surface area contributed by atoms with Gasteiger partial charge in [-0.05, 0) is 43.9 Å². The van der Waals surface area contributed by atoms with Crippen molar-refractivity contribution in [1.29, 1.82) is 0 Å². The fourth-order valence-electron chi connectivity index (χ4n) is 5.38. The first-order valence-corrected chi connectivity index (χ1v) is 15.1. The lowest BCUT2D eigenvalue weighted by molar-refractivity contribution is 0.0310. The first kappa shape index (κ1) is 27.9. The monoisotopic (exact) mass is 530 g/mol. The van der Waals surface area contributed by atoms with Gasteiger partial charge in [-0.3, -0.25) is 0 Å². The zero-order valence-corrected chi connectivity index (χ0v) is 23.3. The van der Waals surface area contributed by atoms with Crippen LogP contribution in [0.3, 0.4) is 0 Å². The van der Waals surface area contributed by atoms with Gasteiger partial charge in [-0.15, -0.1) is 0 Å². The molecule has 0 spiro atoms. The Kier molecular flexibility index (Phi) is 9.87. The predicted molar refractivity (Wildman–Crippen MR) is 147 cm³/mol. The van der Waals surface area contributed by atoms with Gasteiger partial charge in [0, 0.05) is 31.5 Å². The Morgan fingerprint density at radius 3 is 2.68 bits per heavy atom. The first-order valence-electron chi connectivity index (χ1n) is 13.6. The van der Waals surface area contributed by atoms with Crippen LogP contribution in [0.4, 0.5) is 5.69 Å². The van der Waals surface area contributed by atoms with Crippen LogP contribution in [0.15, 0.2) is 53.4 Å². The molecule has 4 rings (SSSR count). The molecule has 37 heavy (non-hydrogen) atoms. The van der Waals surface area contributed by atoms with Crippen LogP contribution in [0.1, 0.15) is 57.9 Å². The van der Waals surface area contributed by atoms with Crippen molar-refractivity contribution in [2.45, 2.75) is 82.1 Å². The molecule has 2 aliphatic rings. The van der Waals surface area contributed by atoms with E-state index >= 15 is 0 Å². The minimum atomic E-state index is -3.72. The Balaban J connectivity index is 1.60. The van der Waals surface area contributed by atoms with Crippen molar-refractivity contribution < 1.29 is 22.6 Å². The second kappa shape index (κ2) is 13.1. The molecule has 204 valence electrons. The van der Waals surface area contributed by atoms with E-state index in [0.29, 0.717) is 25.6 Å². The molecule has 0 saturated carbocycles. The van der Waals surface area contributed by atoms with Gasteiger partial charge in [0.2, 0.25) is 10.0 Å². The summed E-state index contributed by atoms with van der Waals surface area (Å²) in [5, 5.41) is 0. The molecule has 2 aromatic rings. The second-order valence-corrected chi connectivity index (χ2v) is 12.1. The molecule has 0 radical (unpaired) electrons. The lowest BCUT2D eigenvalue weighted by Crippen LogP contribution is -2.44. The van der Waals surface area contributed by atoms with E-state index in [1.165, 1.54) is 0 Å². The largest absolute Gasteiger partial charge is 0.485 e. The number of benzene rings is 2. The summed E-state index contributed by atoms with van der Waals surface area (Å²) in [4.78, 5) is 2.54. The summed E-state index contributed by atoms with van der Waals surface area (Å²) in [7, 11) is -2.00. The molecule has 8 heteroatoms. The minimum absolute atomic E-state index is 0.118. The summed E-state index contributed by atoms with van der Waals surface area (Å²) < 4.78 is 47.3. The molecule has 0 bridgehead atoms. The van der Waals surface area contributed by atoms with E-state index in [1.54, 1.807) is 17.5 Å². The quantitative estimate of drug-likeness (QED) is 0.350. The Bertz CT molecular complexity index is 1090. The van der Waals surface area contributed by atoms with Gasteiger partial charge in [0.25, 0.3) is 0 Å². The molecule has 1 saturated heterocycles. The first-order chi connectivity index (χ1) is 17.9. The summed E-state index contributed by atoms with van der Waals surface area (Å²) >= 11 is 0. The van der Waals surface area contributed by atoms with Gasteiger partial charge < -0.3 is 19.1 Å². The number of unbranched alkanes of at least 4 members (excludes halogenated alkanes) is 2. The van der Waals surface area contributed by atoms with Crippen LogP contribution in [-0.4, -0.2) is 64.3 Å². The van der Waals surface area contributed by atoms with Crippen molar-refractivity contribution in [2.24, 2.45) is 0 Å². The number of nitrogens with zero attached hydrogens (tertiary/aromatic N) is 2. The summed E-state index contributed by atoms with van der Waals surface area (Å²) in [6, 6.07) is 15.7. The van der Waals surface area contributed by atoms with Gasteiger partial charge in [0.15, 0.2) is 0 Å². The minimum Gasteiger partial charge on any atom is -0.485 e. The number of hydrogen-bond acceptors (Lipinski definition) is 6. The number of ether oxygens (including phenoxy) is 3. The maximum absolute atomic E-state index is 13.9. The van der Waals surface area contributed by atoms with Gasteiger partial charge >= 0.3 is 0 Å². The van der Waals surface area contributed by atoms with Gasteiger partial charge in [0.1, 0.15) is 16.7 Å². The third-order valence-electron chi connectivity index (χ3n) is 7.39. The van der Waals surface area contributed by atoms with Crippen LogP contribution in [-0.2, 0) is 26.1 Å². The van der Waals surface area contributed by atoms with E-state index in [0.717, 1.165) is 56.3 Å². The highest BCUT2D eigenvalue weighted by atomic mass is 32.2. The zero-order valence-electron chi connectivity index (χ0n) is 22.5. The molecule has 0 amide bonds. The van der Waals surface area contributed by atoms with E-state index in [4.69, 9.17) is 14.2 Å². The third-order valence-corrected chi connectivity index (χ3v) is 9.41. The SMILES string of the molecule is CCCCC[C@@H](C)N1C[C@H](COCc2ccccc2)Oc2cc(N3CCC[C@@H]3COC)ccc2S1(=O)=O. The highest BCUT2D eigenvalue weighted by Crippen LogP contribution is 2.37. The average Bonchev–Trinajstić information content (AvgIpc) is 3.32. The Morgan fingerprint density at radius 2 is 1.92 bits per heavy atom. The van der Waals surface area contributed by atoms with Crippen molar-refractivity contribution in [3.8, 4) is 5.75 Å². The molecule has 2 aromatic carbocycles. The van der Waals surface area contributed by atoms with Gasteiger partial charge in [-0.25, -0.2) is 8.42 Å². The molecule has 3 atom stereocenters. The molecule has 2 aliphatic heterocycles. The van der Waals surface area contributed by atoms with Crippen LogP contribution in [0.2, 0.25) is 0 Å². The lowest BCUT2D eigenvalue weighted by Gasteiger charge is -2.28. The molecular weight excluding hydrogens is 488 g/mol. The van der Waals surface area contributed by atoms with Crippen molar-refractivity contribution in [2.75, 3.05) is 38.3 Å². The molecular formula is C29H42N2O5S. The number of sulfonamides is 1. The maximum Gasteiger partial charge on any atom is 0.247 e. The standard InChI is InChI=1S/C29H42N2O5S/c1-4-5-7-11-23(2)31-19-27(22-35-20-24-12-8-6-9-13-24)36-28-18-25(15-16-29(28)37(31,32)33)30-17-10-14-26(30)21-34-3/h6,8-9,12-13,15-16,18,23,26-27H,4-5,7,10-11,14,17,19-22H2,1-3H3/t23-,26-,27-/m1/s1. The van der Waals surface area contributed by atoms with Crippen molar-refractivity contribution in [3.05, 3.63) is 54.1 Å². The Labute approximate surface area is 222 Å². The topological polar surface area (TPSA) is 68.3 Å². The van der Waals surface area contributed by atoms with Crippen molar-refractivity contribution in [1.82, 2.24) is 4.31 Å². The normalized spacial score (nSPS) is 22.3. The van der Waals surface area contributed by atoms with E-state index < -0.39 is 16.1 Å². The molecule has 7 nitrogen and oxygen atoms in total. The average molecular weight is 531 g/mol. The van der Waals surface area contributed by atoms with Crippen LogP contribution < -0.4 is 9.64 Å². The molecule has 0 N–H and O–H groups in total. The summed E-state index contributed by atoms with van der Waals surface area (Å²) in [5.74, 6) is 0.414. The highest BCUT2D eigenvalue weighted by Gasteiger charge is 2.38. The zero-order chi connectivity index (χ0) is 26.3. The predicted octanol–water partition coefficient (Wildman–Crippen LogP) is 5.24. The molecule has 2 heterocycles. The molecule has 0 aliphatic carbocycles. The summed E-state index contributed by atoms with van der Waals surface area (Å²) in [6.07, 6.45) is 5.76. The number of anilines is 1. The van der Waals surface area contributed by atoms with Gasteiger partial charge in [-0.1, -0.05) is 56.5 Å². The molecule has 1 fully saturated rings. The van der Waals surface area contributed by atoms with E-state index in [9.17, 15) is 8.42 Å². The second-order valence-electron chi connectivity index (χ2n) is 10.2. The molecule has 0 aromatic heterocycles. The number of methoxy groups -OCH3 is 1. The van der Waals surface area contributed by atoms with Gasteiger partial charge in [0.05, 0.1) is 32.4 Å². The fourth-order valence-corrected chi connectivity index (χ4v) is 7.18. The Hall–Kier alpha value is -2.13. The van der Waals surface area contributed by atoms with Crippen LogP contribution >= 0.6 is 0 Å². The maximum atomic E-state index is 13.9. The Morgan fingerprint density at radius 1 is 1.11 bits per heavy atom. The van der Waals surface area contributed by atoms with E-state index in [-0.39, 0.29) is 23.5 Å². The highest BCUT2D eigenvalue weighted by molar-refractivity contribution is 7.89. The van der Waals surface area contributed by atoms with Gasteiger partial charge in [-0.2, -0.15) is 4.31 Å². The molecule has 0 unspecified atom stereocenters. The summed E-state index contributed by atoms with van der Waals surface area (Å²) in [6.45, 7) is 6.77. The lowest BCUT2D eigenvalue weighted by atomic mass is 10.1. The number of hydrogen-bond donors (Lipinski definition) is 0. The van der Waals surface area contributed by atoms with Crippen LogP contribution in [0.5, 0.6) is 5.75 Å². The van der Waals surface area contributed by atoms with E-state index in [1.807, 2.05) is 49.4 Å². The van der Waals surface area contributed by atoms with E-state index in [2.05, 4.69) is 11.8 Å². The van der Waals surface area contributed by atoms with Crippen molar-refractivity contribution >= 4 is 15.7 Å². The van der Waals surface area contributed by atoms with Crippen LogP contribution in [0.25, 0.3) is 0 Å². The van der Waals surface area contributed by atoms with Crippen molar-refractivity contribution in [3.63, 3.8) is 0 Å². The number of rotatable bonds is 12. The van der Waals surface area contributed by atoms with Crippen LogP contribution in [0, 0.1) is 0 Å². The smallest absolute Gasteiger partial charge is 0.247 e. The summed E-state index contributed by atoms with van der Waals surface area (Å²) in [5.41, 5.74) is 2.05. The number of fused-ring (bicyclic) bond motifs is 1. The third kappa shape index (κ3) is 6.85. The fraction of sp³-hybridized carbons (Fsp3) is 0.586.